The average molecular weight is 296 g/mol. The summed E-state index contributed by atoms with van der Waals surface area (Å²) in [7, 11) is 0. The van der Waals surface area contributed by atoms with E-state index >= 15 is 0 Å². The number of allylic oxidation sites excluding steroid dienone is 1. The van der Waals surface area contributed by atoms with Gasteiger partial charge in [-0.25, -0.2) is 0 Å². The van der Waals surface area contributed by atoms with Gasteiger partial charge in [-0.05, 0) is 50.0 Å². The van der Waals surface area contributed by atoms with Gasteiger partial charge in [0.15, 0.2) is 0 Å². The quantitative estimate of drug-likeness (QED) is 0.859. The lowest BCUT2D eigenvalue weighted by Crippen LogP contribution is -2.32. The minimum Gasteiger partial charge on any atom is -0.347 e. The zero-order valence-corrected chi connectivity index (χ0v) is 13.8. The number of nitriles is 1. The van der Waals surface area contributed by atoms with Crippen molar-refractivity contribution in [2.75, 3.05) is 0 Å². The Morgan fingerprint density at radius 3 is 2.59 bits per heavy atom. The lowest BCUT2D eigenvalue weighted by atomic mass is 9.89. The summed E-state index contributed by atoms with van der Waals surface area (Å²) in [6.07, 6.45) is 8.25. The highest BCUT2D eigenvalue weighted by Gasteiger charge is 2.29. The summed E-state index contributed by atoms with van der Waals surface area (Å²) < 4.78 is 2.26. The van der Waals surface area contributed by atoms with Crippen molar-refractivity contribution >= 4 is 11.4 Å². The molecule has 0 amide bonds. The molecule has 4 heteroatoms. The van der Waals surface area contributed by atoms with E-state index in [0.29, 0.717) is 12.3 Å². The van der Waals surface area contributed by atoms with Crippen molar-refractivity contribution in [2.45, 2.75) is 52.5 Å². The summed E-state index contributed by atoms with van der Waals surface area (Å²) in [6, 6.07) is 4.50. The van der Waals surface area contributed by atoms with Gasteiger partial charge in [0.05, 0.1) is 18.0 Å². The highest BCUT2D eigenvalue weighted by molar-refractivity contribution is 6.07. The van der Waals surface area contributed by atoms with Crippen molar-refractivity contribution in [1.29, 1.82) is 10.7 Å². The van der Waals surface area contributed by atoms with E-state index in [4.69, 9.17) is 5.41 Å². The van der Waals surface area contributed by atoms with E-state index in [9.17, 15) is 5.26 Å². The molecule has 2 rings (SSSR count). The number of nitrogens with one attached hydrogen (secondary N) is 2. The molecule has 1 aromatic heterocycles. The SMILES string of the molecule is CCC(CC)(CC#N)n1cc(/C(C)=C2\C=CNC2=N)cc1C. The van der Waals surface area contributed by atoms with Gasteiger partial charge in [0.1, 0.15) is 5.84 Å². The summed E-state index contributed by atoms with van der Waals surface area (Å²) in [6.45, 7) is 8.42. The van der Waals surface area contributed by atoms with Crippen LogP contribution in [0.3, 0.4) is 0 Å². The summed E-state index contributed by atoms with van der Waals surface area (Å²) in [5, 5.41) is 20.1. The molecular weight excluding hydrogens is 272 g/mol. The molecule has 0 fully saturated rings. The van der Waals surface area contributed by atoms with Crippen LogP contribution >= 0.6 is 0 Å². The van der Waals surface area contributed by atoms with Crippen LogP contribution in [0.15, 0.2) is 30.1 Å². The topological polar surface area (TPSA) is 64.6 Å². The van der Waals surface area contributed by atoms with Crippen molar-refractivity contribution in [3.05, 3.63) is 41.4 Å². The van der Waals surface area contributed by atoms with E-state index < -0.39 is 0 Å². The monoisotopic (exact) mass is 296 g/mol. The van der Waals surface area contributed by atoms with Gasteiger partial charge in [-0.2, -0.15) is 5.26 Å². The lowest BCUT2D eigenvalue weighted by Gasteiger charge is -2.33. The lowest BCUT2D eigenvalue weighted by molar-refractivity contribution is 0.263. The predicted molar refractivity (Wildman–Crippen MR) is 90.6 cm³/mol. The zero-order valence-electron chi connectivity index (χ0n) is 13.8. The van der Waals surface area contributed by atoms with Gasteiger partial charge >= 0.3 is 0 Å². The van der Waals surface area contributed by atoms with E-state index in [1.54, 1.807) is 6.20 Å². The third-order valence-electron chi connectivity index (χ3n) is 4.83. The van der Waals surface area contributed by atoms with Crippen molar-refractivity contribution < 1.29 is 0 Å². The van der Waals surface area contributed by atoms with Crippen LogP contribution in [0.5, 0.6) is 0 Å². The average Bonchev–Trinajstić information content (AvgIpc) is 3.11. The van der Waals surface area contributed by atoms with Crippen molar-refractivity contribution in [3.63, 3.8) is 0 Å². The third-order valence-corrected chi connectivity index (χ3v) is 4.83. The molecule has 22 heavy (non-hydrogen) atoms. The molecule has 116 valence electrons. The first-order chi connectivity index (χ1) is 10.5. The van der Waals surface area contributed by atoms with Gasteiger partial charge in [0.25, 0.3) is 0 Å². The molecule has 0 aromatic carbocycles. The fourth-order valence-electron chi connectivity index (χ4n) is 3.20. The molecule has 2 N–H and O–H groups in total. The summed E-state index contributed by atoms with van der Waals surface area (Å²) in [5.41, 5.74) is 4.16. The van der Waals surface area contributed by atoms with Crippen LogP contribution in [0, 0.1) is 23.7 Å². The van der Waals surface area contributed by atoms with E-state index in [-0.39, 0.29) is 5.54 Å². The molecule has 1 aromatic rings. The Labute approximate surface area is 132 Å². The number of nitrogens with zero attached hydrogens (tertiary/aromatic N) is 2. The Balaban J connectivity index is 2.51. The first kappa shape index (κ1) is 16.1. The van der Waals surface area contributed by atoms with Crippen LogP contribution < -0.4 is 5.32 Å². The van der Waals surface area contributed by atoms with Gasteiger partial charge in [0.2, 0.25) is 0 Å². The number of hydrogen-bond acceptors (Lipinski definition) is 2. The standard InChI is InChI=1S/C18H24N4/c1-5-18(6-2,8-9-19)22-12-15(11-13(22)3)14(4)16-7-10-21-17(16)20/h7,10-12H,5-6,8H2,1-4H3,(H2,20,21)/b16-14+. The van der Waals surface area contributed by atoms with E-state index in [1.165, 1.54) is 0 Å². The Bertz CT molecular complexity index is 678. The first-order valence-electron chi connectivity index (χ1n) is 7.78. The van der Waals surface area contributed by atoms with Gasteiger partial charge in [-0.3, -0.25) is 5.41 Å². The summed E-state index contributed by atoms with van der Waals surface area (Å²) in [5.74, 6) is 0.442. The van der Waals surface area contributed by atoms with Crippen LogP contribution in [0.1, 0.15) is 51.3 Å². The Kier molecular flexibility index (Phi) is 4.56. The minimum atomic E-state index is -0.140. The molecule has 0 saturated carbocycles. The molecule has 0 spiro atoms. The maximum atomic E-state index is 9.22. The molecule has 4 nitrogen and oxygen atoms in total. The second kappa shape index (κ2) is 6.23. The third kappa shape index (κ3) is 2.59. The number of hydrogen-bond donors (Lipinski definition) is 2. The Morgan fingerprint density at radius 1 is 1.41 bits per heavy atom. The highest BCUT2D eigenvalue weighted by atomic mass is 15.1. The van der Waals surface area contributed by atoms with E-state index in [1.807, 2.05) is 13.0 Å². The predicted octanol–water partition coefficient (Wildman–Crippen LogP) is 4.09. The molecule has 1 aliphatic heterocycles. The fourth-order valence-corrected chi connectivity index (χ4v) is 3.20. The number of aromatic nitrogens is 1. The van der Waals surface area contributed by atoms with E-state index in [0.717, 1.165) is 35.2 Å². The van der Waals surface area contributed by atoms with Crippen molar-refractivity contribution in [1.82, 2.24) is 9.88 Å². The number of amidine groups is 1. The summed E-state index contributed by atoms with van der Waals surface area (Å²) in [4.78, 5) is 0. The zero-order chi connectivity index (χ0) is 16.3. The fraction of sp³-hybridized carbons (Fsp3) is 0.444. The van der Waals surface area contributed by atoms with Gasteiger partial charge in [-0.15, -0.1) is 0 Å². The maximum absolute atomic E-state index is 9.22. The second-order valence-corrected chi connectivity index (χ2v) is 5.90. The van der Waals surface area contributed by atoms with Gasteiger partial charge < -0.3 is 9.88 Å². The van der Waals surface area contributed by atoms with E-state index in [2.05, 4.69) is 49.0 Å². The maximum Gasteiger partial charge on any atom is 0.129 e. The molecule has 1 aliphatic rings. The number of aryl methyl sites for hydroxylation is 1. The van der Waals surface area contributed by atoms with Crippen molar-refractivity contribution in [3.8, 4) is 6.07 Å². The second-order valence-electron chi connectivity index (χ2n) is 5.90. The molecule has 0 bridgehead atoms. The smallest absolute Gasteiger partial charge is 0.129 e. The van der Waals surface area contributed by atoms with Gasteiger partial charge in [0, 0.05) is 23.7 Å². The first-order valence-corrected chi connectivity index (χ1v) is 7.78. The Hall–Kier alpha value is -2.28. The molecule has 0 unspecified atom stereocenters. The van der Waals surface area contributed by atoms with Gasteiger partial charge in [-0.1, -0.05) is 13.8 Å². The molecule has 0 aliphatic carbocycles. The van der Waals surface area contributed by atoms with Crippen LogP contribution in [0.2, 0.25) is 0 Å². The molecule has 0 radical (unpaired) electrons. The van der Waals surface area contributed by atoms with Crippen LogP contribution in [0.4, 0.5) is 0 Å². The van der Waals surface area contributed by atoms with Crippen molar-refractivity contribution in [2.24, 2.45) is 0 Å². The Morgan fingerprint density at radius 2 is 2.09 bits per heavy atom. The molecule has 0 atom stereocenters. The number of rotatable bonds is 5. The van der Waals surface area contributed by atoms with Crippen LogP contribution in [0.25, 0.3) is 5.57 Å². The molecule has 2 heterocycles. The summed E-state index contributed by atoms with van der Waals surface area (Å²) >= 11 is 0. The minimum absolute atomic E-state index is 0.140. The molecule has 0 saturated heterocycles. The largest absolute Gasteiger partial charge is 0.347 e. The van der Waals surface area contributed by atoms with Crippen LogP contribution in [-0.4, -0.2) is 10.4 Å². The highest BCUT2D eigenvalue weighted by Crippen LogP contribution is 2.33. The molecular formula is C18H24N4. The normalized spacial score (nSPS) is 16.6. The van der Waals surface area contributed by atoms with Crippen LogP contribution in [-0.2, 0) is 5.54 Å².